The van der Waals surface area contributed by atoms with Gasteiger partial charge in [0.05, 0.1) is 0 Å². The SMILES string of the molecule is CN/C(C)=C\C(N)=C/C=O. The zero-order chi connectivity index (χ0) is 7.98. The van der Waals surface area contributed by atoms with Crippen LogP contribution in [-0.2, 0) is 4.79 Å². The molecule has 0 aliphatic heterocycles. The fourth-order valence-corrected chi connectivity index (χ4v) is 0.449. The van der Waals surface area contributed by atoms with Gasteiger partial charge in [-0.05, 0) is 13.0 Å². The average molecular weight is 140 g/mol. The molecule has 3 N–H and O–H groups in total. The minimum absolute atomic E-state index is 0.460. The monoisotopic (exact) mass is 140 g/mol. The third-order valence-electron chi connectivity index (χ3n) is 1.04. The van der Waals surface area contributed by atoms with E-state index in [9.17, 15) is 4.79 Å². The predicted octanol–water partition coefficient (Wildman–Crippen LogP) is 0.151. The van der Waals surface area contributed by atoms with E-state index in [0.29, 0.717) is 12.0 Å². The molecule has 0 aromatic heterocycles. The molecule has 0 aromatic carbocycles. The van der Waals surface area contributed by atoms with Crippen LogP contribution in [0.1, 0.15) is 6.92 Å². The first kappa shape index (κ1) is 8.75. The summed E-state index contributed by atoms with van der Waals surface area (Å²) in [7, 11) is 1.79. The summed E-state index contributed by atoms with van der Waals surface area (Å²) in [4.78, 5) is 9.88. The average Bonchev–Trinajstić information content (AvgIpc) is 1.88. The van der Waals surface area contributed by atoms with Crippen LogP contribution >= 0.6 is 0 Å². The Morgan fingerprint density at radius 1 is 1.60 bits per heavy atom. The maximum Gasteiger partial charge on any atom is 0.144 e. The molecule has 56 valence electrons. The molecule has 0 unspecified atom stereocenters. The molecule has 0 saturated heterocycles. The molecule has 0 aliphatic carbocycles. The van der Waals surface area contributed by atoms with Gasteiger partial charge in [0.1, 0.15) is 6.29 Å². The first-order chi connectivity index (χ1) is 4.70. The Bertz CT molecular complexity index is 170. The highest BCUT2D eigenvalue weighted by atomic mass is 16.1. The lowest BCUT2D eigenvalue weighted by Gasteiger charge is -1.96. The molecule has 0 atom stereocenters. The number of hydrogen-bond acceptors (Lipinski definition) is 3. The Labute approximate surface area is 60.6 Å². The van der Waals surface area contributed by atoms with Crippen LogP contribution in [0, 0.1) is 0 Å². The van der Waals surface area contributed by atoms with Crippen molar-refractivity contribution in [1.29, 1.82) is 0 Å². The van der Waals surface area contributed by atoms with Crippen molar-refractivity contribution in [1.82, 2.24) is 5.32 Å². The van der Waals surface area contributed by atoms with Gasteiger partial charge >= 0.3 is 0 Å². The molecule has 0 radical (unpaired) electrons. The highest BCUT2D eigenvalue weighted by Gasteiger charge is 1.83. The summed E-state index contributed by atoms with van der Waals surface area (Å²) >= 11 is 0. The third kappa shape index (κ3) is 3.72. The van der Waals surface area contributed by atoms with E-state index in [1.807, 2.05) is 6.92 Å². The van der Waals surface area contributed by atoms with Crippen molar-refractivity contribution < 1.29 is 4.79 Å². The summed E-state index contributed by atoms with van der Waals surface area (Å²) in [5.74, 6) is 0. The quantitative estimate of drug-likeness (QED) is 0.333. The first-order valence-corrected chi connectivity index (χ1v) is 2.97. The van der Waals surface area contributed by atoms with Gasteiger partial charge in [0.2, 0.25) is 0 Å². The lowest BCUT2D eigenvalue weighted by Crippen LogP contribution is -2.04. The Balaban J connectivity index is 4.11. The van der Waals surface area contributed by atoms with E-state index >= 15 is 0 Å². The highest BCUT2D eigenvalue weighted by molar-refractivity contribution is 5.66. The molecule has 3 heteroatoms. The Hall–Kier alpha value is -1.25. The number of nitrogens with one attached hydrogen (secondary N) is 1. The fourth-order valence-electron chi connectivity index (χ4n) is 0.449. The normalized spacial score (nSPS) is 13.0. The molecule has 0 aliphatic rings. The molecule has 10 heavy (non-hydrogen) atoms. The summed E-state index contributed by atoms with van der Waals surface area (Å²) < 4.78 is 0. The van der Waals surface area contributed by atoms with Gasteiger partial charge in [-0.2, -0.15) is 0 Å². The number of carbonyl (C=O) groups excluding carboxylic acids is 1. The smallest absolute Gasteiger partial charge is 0.144 e. The molecule has 3 nitrogen and oxygen atoms in total. The molecular weight excluding hydrogens is 128 g/mol. The number of carbonyl (C=O) groups is 1. The molecule has 0 rings (SSSR count). The zero-order valence-electron chi connectivity index (χ0n) is 6.22. The van der Waals surface area contributed by atoms with Gasteiger partial charge in [-0.3, -0.25) is 4.79 Å². The molecule has 0 fully saturated rings. The van der Waals surface area contributed by atoms with Crippen molar-refractivity contribution in [2.75, 3.05) is 7.05 Å². The van der Waals surface area contributed by atoms with Crippen molar-refractivity contribution in [2.45, 2.75) is 6.92 Å². The van der Waals surface area contributed by atoms with E-state index in [0.717, 1.165) is 5.70 Å². The van der Waals surface area contributed by atoms with Gasteiger partial charge in [0.15, 0.2) is 0 Å². The Morgan fingerprint density at radius 3 is 2.60 bits per heavy atom. The van der Waals surface area contributed by atoms with Crippen LogP contribution in [0.15, 0.2) is 23.5 Å². The van der Waals surface area contributed by atoms with Gasteiger partial charge in [-0.15, -0.1) is 0 Å². The maximum absolute atomic E-state index is 9.88. The Kier molecular flexibility index (Phi) is 4.04. The Morgan fingerprint density at radius 2 is 2.20 bits per heavy atom. The highest BCUT2D eigenvalue weighted by Crippen LogP contribution is 1.90. The topological polar surface area (TPSA) is 55.1 Å². The van der Waals surface area contributed by atoms with Crippen LogP contribution in [0.3, 0.4) is 0 Å². The largest absolute Gasteiger partial charge is 0.399 e. The summed E-state index contributed by atoms with van der Waals surface area (Å²) in [6.07, 6.45) is 3.66. The van der Waals surface area contributed by atoms with Gasteiger partial charge in [-0.1, -0.05) is 0 Å². The number of rotatable bonds is 3. The number of hydrogen-bond donors (Lipinski definition) is 2. The number of aldehydes is 1. The van der Waals surface area contributed by atoms with E-state index in [-0.39, 0.29) is 0 Å². The molecule has 0 bridgehead atoms. The van der Waals surface area contributed by atoms with E-state index in [4.69, 9.17) is 5.73 Å². The lowest BCUT2D eigenvalue weighted by atomic mass is 10.3. The predicted molar refractivity (Wildman–Crippen MR) is 41.2 cm³/mol. The van der Waals surface area contributed by atoms with E-state index in [1.54, 1.807) is 13.1 Å². The summed E-state index contributed by atoms with van der Waals surface area (Å²) in [6, 6.07) is 0. The van der Waals surface area contributed by atoms with Crippen molar-refractivity contribution in [3.63, 3.8) is 0 Å². The van der Waals surface area contributed by atoms with Gasteiger partial charge in [0, 0.05) is 24.5 Å². The van der Waals surface area contributed by atoms with Gasteiger partial charge in [-0.25, -0.2) is 0 Å². The van der Waals surface area contributed by atoms with Gasteiger partial charge < -0.3 is 11.1 Å². The van der Waals surface area contributed by atoms with Crippen molar-refractivity contribution in [3.05, 3.63) is 23.5 Å². The maximum atomic E-state index is 9.88. The second-order valence-corrected chi connectivity index (χ2v) is 1.88. The van der Waals surface area contributed by atoms with Crippen molar-refractivity contribution in [2.24, 2.45) is 5.73 Å². The van der Waals surface area contributed by atoms with Crippen LogP contribution in [0.2, 0.25) is 0 Å². The molecule has 0 amide bonds. The number of allylic oxidation sites excluding steroid dienone is 3. The fraction of sp³-hybridized carbons (Fsp3) is 0.286. The van der Waals surface area contributed by atoms with Crippen LogP contribution < -0.4 is 11.1 Å². The summed E-state index contributed by atoms with van der Waals surface area (Å²) in [6.45, 7) is 1.87. The zero-order valence-corrected chi connectivity index (χ0v) is 6.22. The van der Waals surface area contributed by atoms with Crippen LogP contribution in [0.5, 0.6) is 0 Å². The second kappa shape index (κ2) is 4.61. The summed E-state index contributed by atoms with van der Waals surface area (Å²) in [5.41, 5.74) is 6.76. The molecule has 0 aromatic rings. The molecule has 0 heterocycles. The molecular formula is C7H12N2O. The molecule has 0 spiro atoms. The van der Waals surface area contributed by atoms with E-state index in [1.165, 1.54) is 6.08 Å². The van der Waals surface area contributed by atoms with Crippen LogP contribution in [-0.4, -0.2) is 13.3 Å². The van der Waals surface area contributed by atoms with Crippen molar-refractivity contribution in [3.8, 4) is 0 Å². The van der Waals surface area contributed by atoms with E-state index < -0.39 is 0 Å². The third-order valence-corrected chi connectivity index (χ3v) is 1.04. The summed E-state index contributed by atoms with van der Waals surface area (Å²) in [5, 5.41) is 2.88. The minimum Gasteiger partial charge on any atom is -0.399 e. The van der Waals surface area contributed by atoms with Gasteiger partial charge in [0.25, 0.3) is 0 Å². The van der Waals surface area contributed by atoms with Crippen LogP contribution in [0.25, 0.3) is 0 Å². The van der Waals surface area contributed by atoms with Crippen molar-refractivity contribution >= 4 is 6.29 Å². The van der Waals surface area contributed by atoms with E-state index in [2.05, 4.69) is 5.32 Å². The molecule has 0 saturated carbocycles. The lowest BCUT2D eigenvalue weighted by molar-refractivity contribution is -0.104. The minimum atomic E-state index is 0.460. The second-order valence-electron chi connectivity index (χ2n) is 1.88. The number of nitrogens with two attached hydrogens (primary N) is 1. The van der Waals surface area contributed by atoms with Crippen LogP contribution in [0.4, 0.5) is 0 Å². The first-order valence-electron chi connectivity index (χ1n) is 2.97. The standard InChI is InChI=1S/C7H12N2O/c1-6(9-2)5-7(8)3-4-10/h3-5,9H,8H2,1-2H3/b6-5-,7-3+.